The van der Waals surface area contributed by atoms with Crippen LogP contribution in [0.15, 0.2) is 28.9 Å². The number of anilines is 1. The molecule has 0 bridgehead atoms. The number of carbonyl (C=O) groups is 2. The Hall–Kier alpha value is -2.70. The third kappa shape index (κ3) is 2.98. The first-order valence-corrected chi connectivity index (χ1v) is 7.13. The van der Waals surface area contributed by atoms with Gasteiger partial charge in [0.2, 0.25) is 0 Å². The second-order valence-electron chi connectivity index (χ2n) is 5.21. The van der Waals surface area contributed by atoms with Crippen molar-refractivity contribution in [3.8, 4) is 0 Å². The molecule has 2 aromatic rings. The Balaban J connectivity index is 1.75. The van der Waals surface area contributed by atoms with Gasteiger partial charge in [-0.2, -0.15) is 0 Å². The van der Waals surface area contributed by atoms with E-state index >= 15 is 0 Å². The Morgan fingerprint density at radius 1 is 1.27 bits per heavy atom. The molecule has 0 aliphatic carbocycles. The second-order valence-corrected chi connectivity index (χ2v) is 5.21. The van der Waals surface area contributed by atoms with Crippen LogP contribution in [-0.2, 0) is 0 Å². The number of hydrogen-bond acceptors (Lipinski definition) is 5. The molecule has 1 N–H and O–H groups in total. The predicted molar refractivity (Wildman–Crippen MR) is 78.6 cm³/mol. The van der Waals surface area contributed by atoms with Crippen LogP contribution in [0.5, 0.6) is 0 Å². The van der Waals surface area contributed by atoms with Gasteiger partial charge in [-0.25, -0.2) is 0 Å². The van der Waals surface area contributed by atoms with Crippen LogP contribution in [0.4, 0.5) is 5.82 Å². The maximum atomic E-state index is 12.3. The zero-order valence-electron chi connectivity index (χ0n) is 12.2. The smallest absolute Gasteiger partial charge is 0.275 e. The van der Waals surface area contributed by atoms with E-state index in [1.807, 2.05) is 0 Å². The summed E-state index contributed by atoms with van der Waals surface area (Å²) >= 11 is 0. The van der Waals surface area contributed by atoms with Gasteiger partial charge in [-0.1, -0.05) is 5.16 Å². The third-order valence-electron chi connectivity index (χ3n) is 3.50. The summed E-state index contributed by atoms with van der Waals surface area (Å²) in [5.41, 5.74) is 0.643. The standard InChI is InChI=1S/C15H16N4O3/c1-10-8-13(18-22-10)17-14(20)12-9-11(4-5-16-12)15(21)19-6-2-3-7-19/h4-5,8-9H,2-3,6-7H2,1H3,(H,17,18,20). The second kappa shape index (κ2) is 5.97. The summed E-state index contributed by atoms with van der Waals surface area (Å²) < 4.78 is 4.88. The lowest BCUT2D eigenvalue weighted by Gasteiger charge is -2.15. The summed E-state index contributed by atoms with van der Waals surface area (Å²) in [6, 6.07) is 4.73. The quantitative estimate of drug-likeness (QED) is 0.934. The fourth-order valence-electron chi connectivity index (χ4n) is 2.40. The molecule has 0 radical (unpaired) electrons. The molecular weight excluding hydrogens is 284 g/mol. The van der Waals surface area contributed by atoms with E-state index in [0.29, 0.717) is 17.1 Å². The van der Waals surface area contributed by atoms with Crippen molar-refractivity contribution in [1.29, 1.82) is 0 Å². The van der Waals surface area contributed by atoms with Crippen LogP contribution in [-0.4, -0.2) is 39.9 Å². The van der Waals surface area contributed by atoms with Gasteiger partial charge < -0.3 is 14.7 Å². The molecule has 0 saturated carbocycles. The van der Waals surface area contributed by atoms with Crippen LogP contribution in [0.1, 0.15) is 39.4 Å². The number of pyridine rings is 1. The normalized spacial score (nSPS) is 14.1. The van der Waals surface area contributed by atoms with Gasteiger partial charge in [0.1, 0.15) is 11.5 Å². The van der Waals surface area contributed by atoms with Crippen molar-refractivity contribution >= 4 is 17.6 Å². The van der Waals surface area contributed by atoms with Crippen LogP contribution >= 0.6 is 0 Å². The van der Waals surface area contributed by atoms with E-state index in [9.17, 15) is 9.59 Å². The number of hydrogen-bond donors (Lipinski definition) is 1. The summed E-state index contributed by atoms with van der Waals surface area (Å²) in [6.45, 7) is 3.26. The summed E-state index contributed by atoms with van der Waals surface area (Å²) in [6.07, 6.45) is 3.51. The molecule has 1 aliphatic rings. The largest absolute Gasteiger partial charge is 0.360 e. The van der Waals surface area contributed by atoms with Crippen LogP contribution in [0.25, 0.3) is 0 Å². The lowest BCUT2D eigenvalue weighted by Crippen LogP contribution is -2.28. The molecule has 0 aromatic carbocycles. The number of rotatable bonds is 3. The van der Waals surface area contributed by atoms with Crippen molar-refractivity contribution in [3.05, 3.63) is 41.4 Å². The van der Waals surface area contributed by atoms with Crippen LogP contribution in [0.3, 0.4) is 0 Å². The molecule has 2 amide bonds. The first-order chi connectivity index (χ1) is 10.6. The highest BCUT2D eigenvalue weighted by Crippen LogP contribution is 2.14. The van der Waals surface area contributed by atoms with E-state index in [-0.39, 0.29) is 11.6 Å². The molecule has 114 valence electrons. The molecule has 7 nitrogen and oxygen atoms in total. The van der Waals surface area contributed by atoms with E-state index in [0.717, 1.165) is 25.9 Å². The first kappa shape index (κ1) is 14.2. The Labute approximate surface area is 127 Å². The fourth-order valence-corrected chi connectivity index (χ4v) is 2.40. The molecule has 0 spiro atoms. The van der Waals surface area contributed by atoms with Gasteiger partial charge in [-0.3, -0.25) is 14.6 Å². The molecule has 7 heteroatoms. The van der Waals surface area contributed by atoms with Crippen molar-refractivity contribution in [2.24, 2.45) is 0 Å². The lowest BCUT2D eigenvalue weighted by molar-refractivity contribution is 0.0792. The highest BCUT2D eigenvalue weighted by atomic mass is 16.5. The van der Waals surface area contributed by atoms with Gasteiger partial charge in [0, 0.05) is 30.9 Å². The van der Waals surface area contributed by atoms with E-state index in [4.69, 9.17) is 4.52 Å². The lowest BCUT2D eigenvalue weighted by atomic mass is 10.2. The number of nitrogens with zero attached hydrogens (tertiary/aromatic N) is 3. The van der Waals surface area contributed by atoms with Gasteiger partial charge in [-0.05, 0) is 31.9 Å². The molecule has 3 heterocycles. The number of carbonyl (C=O) groups excluding carboxylic acids is 2. The van der Waals surface area contributed by atoms with Crippen molar-refractivity contribution in [1.82, 2.24) is 15.0 Å². The van der Waals surface area contributed by atoms with Gasteiger partial charge in [0.15, 0.2) is 5.82 Å². The Kier molecular flexibility index (Phi) is 3.86. The number of amides is 2. The number of likely N-dealkylation sites (tertiary alicyclic amines) is 1. The van der Waals surface area contributed by atoms with Crippen LogP contribution < -0.4 is 5.32 Å². The molecule has 0 atom stereocenters. The van der Waals surface area contributed by atoms with Crippen LogP contribution in [0, 0.1) is 6.92 Å². The first-order valence-electron chi connectivity index (χ1n) is 7.13. The Bertz CT molecular complexity index is 704. The minimum Gasteiger partial charge on any atom is -0.360 e. The van der Waals surface area contributed by atoms with Gasteiger partial charge in [-0.15, -0.1) is 0 Å². The number of aryl methyl sites for hydroxylation is 1. The molecule has 2 aromatic heterocycles. The third-order valence-corrected chi connectivity index (χ3v) is 3.50. The molecule has 1 saturated heterocycles. The monoisotopic (exact) mass is 300 g/mol. The SMILES string of the molecule is Cc1cc(NC(=O)c2cc(C(=O)N3CCCC3)ccn2)no1. The van der Waals surface area contributed by atoms with Crippen molar-refractivity contribution in [2.75, 3.05) is 18.4 Å². The molecular formula is C15H16N4O3. The average Bonchev–Trinajstić information content (AvgIpc) is 3.18. The summed E-state index contributed by atoms with van der Waals surface area (Å²) in [7, 11) is 0. The van der Waals surface area contributed by atoms with E-state index < -0.39 is 5.91 Å². The molecule has 1 aliphatic heterocycles. The zero-order chi connectivity index (χ0) is 15.5. The van der Waals surface area contributed by atoms with Gasteiger partial charge in [0.25, 0.3) is 11.8 Å². The van der Waals surface area contributed by atoms with E-state index in [2.05, 4.69) is 15.5 Å². The van der Waals surface area contributed by atoms with Crippen molar-refractivity contribution in [3.63, 3.8) is 0 Å². The highest BCUT2D eigenvalue weighted by molar-refractivity contribution is 6.04. The van der Waals surface area contributed by atoms with Gasteiger partial charge in [0.05, 0.1) is 0 Å². The minimum atomic E-state index is -0.427. The number of nitrogens with one attached hydrogen (secondary N) is 1. The minimum absolute atomic E-state index is 0.0637. The van der Waals surface area contributed by atoms with E-state index in [1.54, 1.807) is 24.0 Å². The summed E-state index contributed by atoms with van der Waals surface area (Å²) in [5, 5.41) is 6.28. The zero-order valence-corrected chi connectivity index (χ0v) is 12.2. The van der Waals surface area contributed by atoms with Gasteiger partial charge >= 0.3 is 0 Å². The predicted octanol–water partition coefficient (Wildman–Crippen LogP) is 1.87. The maximum Gasteiger partial charge on any atom is 0.275 e. The Morgan fingerprint density at radius 2 is 2.05 bits per heavy atom. The summed E-state index contributed by atoms with van der Waals surface area (Å²) in [4.78, 5) is 30.3. The molecule has 1 fully saturated rings. The molecule has 0 unspecified atom stereocenters. The van der Waals surface area contributed by atoms with E-state index in [1.165, 1.54) is 12.3 Å². The van der Waals surface area contributed by atoms with Crippen molar-refractivity contribution in [2.45, 2.75) is 19.8 Å². The van der Waals surface area contributed by atoms with Crippen molar-refractivity contribution < 1.29 is 14.1 Å². The number of aromatic nitrogens is 2. The average molecular weight is 300 g/mol. The maximum absolute atomic E-state index is 12.3. The molecule has 3 rings (SSSR count). The fraction of sp³-hybridized carbons (Fsp3) is 0.333. The van der Waals surface area contributed by atoms with Crippen LogP contribution in [0.2, 0.25) is 0 Å². The Morgan fingerprint density at radius 3 is 2.73 bits per heavy atom. The molecule has 22 heavy (non-hydrogen) atoms. The highest BCUT2D eigenvalue weighted by Gasteiger charge is 2.21. The summed E-state index contributed by atoms with van der Waals surface area (Å²) in [5.74, 6) is 0.428. The topological polar surface area (TPSA) is 88.3 Å².